The second-order valence-electron chi connectivity index (χ2n) is 9.25. The molecule has 0 amide bonds. The number of ketones is 1. The van der Waals surface area contributed by atoms with Crippen LogP contribution in [0.1, 0.15) is 72.1 Å². The van der Waals surface area contributed by atoms with E-state index in [4.69, 9.17) is 0 Å². The summed E-state index contributed by atoms with van der Waals surface area (Å²) in [4.78, 5) is 13.8. The van der Waals surface area contributed by atoms with Crippen LogP contribution in [-0.2, 0) is 4.79 Å². The van der Waals surface area contributed by atoms with Gasteiger partial charge in [0.25, 0.3) is 0 Å². The molecule has 4 saturated carbocycles. The Balaban J connectivity index is 1.60. The van der Waals surface area contributed by atoms with Gasteiger partial charge in [0.05, 0.1) is 0 Å². The molecule has 4 fully saturated rings. The minimum absolute atomic E-state index is 0.173. The van der Waals surface area contributed by atoms with E-state index in [9.17, 15) is 4.79 Å². The highest BCUT2D eigenvalue weighted by Gasteiger charge is 2.52. The summed E-state index contributed by atoms with van der Waals surface area (Å²) >= 11 is 2.03. The van der Waals surface area contributed by atoms with Gasteiger partial charge in [0.1, 0.15) is 0 Å². The Morgan fingerprint density at radius 2 is 1.48 bits per heavy atom. The van der Waals surface area contributed by atoms with Gasteiger partial charge in [0.15, 0.2) is 5.78 Å². The fourth-order valence-corrected chi connectivity index (χ4v) is 7.95. The third kappa shape index (κ3) is 2.52. The van der Waals surface area contributed by atoms with E-state index in [-0.39, 0.29) is 5.41 Å². The molecule has 0 heterocycles. The third-order valence-electron chi connectivity index (χ3n) is 6.32. The zero-order valence-electron chi connectivity index (χ0n) is 13.7. The van der Waals surface area contributed by atoms with Gasteiger partial charge in [0.2, 0.25) is 0 Å². The van der Waals surface area contributed by atoms with Crippen LogP contribution in [0.3, 0.4) is 0 Å². The van der Waals surface area contributed by atoms with Crippen LogP contribution < -0.4 is 0 Å². The summed E-state index contributed by atoms with van der Waals surface area (Å²) in [7, 11) is 0. The largest absolute Gasteiger partial charge is 0.294 e. The summed E-state index contributed by atoms with van der Waals surface area (Å²) in [5, 5.41) is 0. The van der Waals surface area contributed by atoms with E-state index in [1.54, 1.807) is 0 Å². The van der Waals surface area contributed by atoms with Gasteiger partial charge in [-0.15, -0.1) is 11.8 Å². The molecule has 0 aliphatic heterocycles. The predicted octanol–water partition coefficient (Wildman–Crippen LogP) is 5.35. The van der Waals surface area contributed by atoms with E-state index in [1.165, 1.54) is 44.1 Å². The van der Waals surface area contributed by atoms with Crippen LogP contribution in [0.2, 0.25) is 0 Å². The number of carbonyl (C=O) groups excluding carboxylic acids is 1. The number of allylic oxidation sites excluding steroid dienone is 2. The fourth-order valence-electron chi connectivity index (χ4n) is 6.13. The molecule has 5 aliphatic carbocycles. The quantitative estimate of drug-likeness (QED) is 0.684. The van der Waals surface area contributed by atoms with E-state index >= 15 is 0 Å². The first-order valence-electron chi connectivity index (χ1n) is 8.76. The molecular formula is C19H28OS. The Hall–Kier alpha value is -0.240. The molecule has 0 atom stereocenters. The lowest BCUT2D eigenvalue weighted by molar-refractivity contribution is -0.117. The van der Waals surface area contributed by atoms with Gasteiger partial charge in [-0.25, -0.2) is 0 Å². The zero-order chi connectivity index (χ0) is 14.8. The van der Waals surface area contributed by atoms with Gasteiger partial charge in [-0.05, 0) is 75.0 Å². The fraction of sp³-hybridized carbons (Fsp3) is 0.842. The van der Waals surface area contributed by atoms with E-state index in [2.05, 4.69) is 20.8 Å². The van der Waals surface area contributed by atoms with E-state index in [0.717, 1.165) is 35.5 Å². The van der Waals surface area contributed by atoms with Gasteiger partial charge in [-0.1, -0.05) is 19.4 Å². The number of hydrogen-bond donors (Lipinski definition) is 0. The molecule has 0 aromatic carbocycles. The Bertz CT molecular complexity index is 478. The van der Waals surface area contributed by atoms with Gasteiger partial charge in [0, 0.05) is 16.1 Å². The minimum Gasteiger partial charge on any atom is -0.294 e. The van der Waals surface area contributed by atoms with E-state index in [1.807, 2.05) is 11.8 Å². The van der Waals surface area contributed by atoms with Crippen molar-refractivity contribution in [3.63, 3.8) is 0 Å². The average molecular weight is 304 g/mol. The molecule has 2 heteroatoms. The summed E-state index contributed by atoms with van der Waals surface area (Å²) in [6, 6.07) is 0. The van der Waals surface area contributed by atoms with Gasteiger partial charge < -0.3 is 0 Å². The number of rotatable bonds is 2. The molecule has 116 valence electrons. The molecule has 0 saturated heterocycles. The summed E-state index contributed by atoms with van der Waals surface area (Å²) in [5.74, 6) is 3.35. The van der Waals surface area contributed by atoms with Crippen molar-refractivity contribution in [1.82, 2.24) is 0 Å². The summed E-state index contributed by atoms with van der Waals surface area (Å²) < 4.78 is 0.433. The monoisotopic (exact) mass is 304 g/mol. The molecule has 4 bridgehead atoms. The Kier molecular flexibility index (Phi) is 3.17. The maximum absolute atomic E-state index is 12.7. The van der Waals surface area contributed by atoms with Crippen LogP contribution in [0.25, 0.3) is 0 Å². The number of Topliss-reactive ketones (excluding diaryl/α,β-unsaturated/α-hetero) is 1. The van der Waals surface area contributed by atoms with Crippen LogP contribution in [0, 0.1) is 23.2 Å². The Labute approximate surface area is 133 Å². The van der Waals surface area contributed by atoms with Gasteiger partial charge in [-0.3, -0.25) is 4.79 Å². The lowest BCUT2D eigenvalue weighted by Crippen LogP contribution is -2.48. The van der Waals surface area contributed by atoms with Crippen LogP contribution in [-0.4, -0.2) is 10.5 Å². The predicted molar refractivity (Wildman–Crippen MR) is 89.2 cm³/mol. The highest BCUT2D eigenvalue weighted by Crippen LogP contribution is 2.62. The number of thioether (sulfide) groups is 1. The molecule has 21 heavy (non-hydrogen) atoms. The molecule has 1 nitrogen and oxygen atoms in total. The molecule has 0 spiro atoms. The first-order valence-corrected chi connectivity index (χ1v) is 9.58. The standard InChI is InChI=1S/C19H28OS/c1-12-7-18(2,3)11-16(20)17(12)21-19-8-13-4-14(9-19)6-15(5-13)10-19/h13-15H,4-11H2,1-3H3. The molecule has 0 aromatic rings. The molecular weight excluding hydrogens is 276 g/mol. The van der Waals surface area contributed by atoms with Crippen LogP contribution in [0.15, 0.2) is 10.5 Å². The van der Waals surface area contributed by atoms with Crippen molar-refractivity contribution in [2.24, 2.45) is 23.2 Å². The lowest BCUT2D eigenvalue weighted by Gasteiger charge is -2.56. The molecule has 0 unspecified atom stereocenters. The number of carbonyl (C=O) groups is 1. The average Bonchev–Trinajstić information content (AvgIpc) is 2.31. The van der Waals surface area contributed by atoms with Crippen molar-refractivity contribution in [3.05, 3.63) is 10.5 Å². The lowest BCUT2D eigenvalue weighted by atomic mass is 9.56. The van der Waals surface area contributed by atoms with Crippen molar-refractivity contribution in [1.29, 1.82) is 0 Å². The van der Waals surface area contributed by atoms with Gasteiger partial charge in [-0.2, -0.15) is 0 Å². The second-order valence-corrected chi connectivity index (χ2v) is 10.7. The Morgan fingerprint density at radius 3 is 1.95 bits per heavy atom. The van der Waals surface area contributed by atoms with Crippen molar-refractivity contribution in [3.8, 4) is 0 Å². The third-order valence-corrected chi connectivity index (χ3v) is 8.04. The number of hydrogen-bond acceptors (Lipinski definition) is 2. The second kappa shape index (κ2) is 4.63. The van der Waals surface area contributed by atoms with Crippen LogP contribution in [0.4, 0.5) is 0 Å². The maximum Gasteiger partial charge on any atom is 0.169 e. The highest BCUT2D eigenvalue weighted by atomic mass is 32.2. The molecule has 5 aliphatic rings. The summed E-state index contributed by atoms with van der Waals surface area (Å²) in [5.41, 5.74) is 1.55. The summed E-state index contributed by atoms with van der Waals surface area (Å²) in [6.45, 7) is 6.68. The van der Waals surface area contributed by atoms with Crippen molar-refractivity contribution >= 4 is 17.5 Å². The SMILES string of the molecule is CC1=C(SC23CC4CC(CC(C4)C2)C3)C(=O)CC(C)(C)C1. The van der Waals surface area contributed by atoms with Gasteiger partial charge >= 0.3 is 0 Å². The minimum atomic E-state index is 0.173. The Morgan fingerprint density at radius 1 is 0.952 bits per heavy atom. The van der Waals surface area contributed by atoms with Crippen LogP contribution in [0.5, 0.6) is 0 Å². The molecule has 0 aromatic heterocycles. The smallest absolute Gasteiger partial charge is 0.169 e. The summed E-state index contributed by atoms with van der Waals surface area (Å²) in [6.07, 6.45) is 10.5. The molecule has 5 rings (SSSR count). The molecule has 0 N–H and O–H groups in total. The van der Waals surface area contributed by atoms with Crippen molar-refractivity contribution < 1.29 is 4.79 Å². The van der Waals surface area contributed by atoms with Crippen molar-refractivity contribution in [2.45, 2.75) is 76.9 Å². The normalized spacial score (nSPS) is 44.5. The van der Waals surface area contributed by atoms with E-state index in [0.29, 0.717) is 10.5 Å². The zero-order valence-corrected chi connectivity index (χ0v) is 14.5. The van der Waals surface area contributed by atoms with Crippen LogP contribution >= 0.6 is 11.8 Å². The van der Waals surface area contributed by atoms with Crippen molar-refractivity contribution in [2.75, 3.05) is 0 Å². The first-order chi connectivity index (χ1) is 9.84. The maximum atomic E-state index is 12.7. The topological polar surface area (TPSA) is 17.1 Å². The first kappa shape index (κ1) is 14.4. The highest BCUT2D eigenvalue weighted by molar-refractivity contribution is 8.05. The molecule has 0 radical (unpaired) electrons. The van der Waals surface area contributed by atoms with E-state index < -0.39 is 0 Å².